The summed E-state index contributed by atoms with van der Waals surface area (Å²) in [5.74, 6) is 0.271. The third kappa shape index (κ3) is 5.36. The number of fused-ring (bicyclic) bond motifs is 1. The fourth-order valence-electron chi connectivity index (χ4n) is 3.31. The Morgan fingerprint density at radius 2 is 1.65 bits per heavy atom. The van der Waals surface area contributed by atoms with Gasteiger partial charge in [-0.25, -0.2) is 8.42 Å². The topological polar surface area (TPSA) is 123 Å². The molecule has 0 spiro atoms. The number of carbonyl (C=O) groups excluding carboxylic acids is 2. The average Bonchev–Trinajstić information content (AvgIpc) is 3.31. The highest BCUT2D eigenvalue weighted by Gasteiger charge is 2.23. The van der Waals surface area contributed by atoms with Gasteiger partial charge >= 0.3 is 0 Å². The van der Waals surface area contributed by atoms with Crippen molar-refractivity contribution in [3.8, 4) is 11.5 Å². The molecule has 3 aromatic carbocycles. The van der Waals surface area contributed by atoms with E-state index in [-0.39, 0.29) is 29.5 Å². The van der Waals surface area contributed by atoms with Gasteiger partial charge in [-0.15, -0.1) is 0 Å². The first-order chi connectivity index (χ1) is 16.3. The van der Waals surface area contributed by atoms with Gasteiger partial charge in [-0.3, -0.25) is 9.59 Å². The van der Waals surface area contributed by atoms with Crippen molar-refractivity contribution in [3.05, 3.63) is 83.9 Å². The van der Waals surface area contributed by atoms with Gasteiger partial charge in [0.2, 0.25) is 22.7 Å². The van der Waals surface area contributed by atoms with Crippen molar-refractivity contribution >= 4 is 27.5 Å². The van der Waals surface area contributed by atoms with E-state index in [1.807, 2.05) is 6.07 Å². The number of sulfonamides is 1. The molecule has 1 heterocycles. The van der Waals surface area contributed by atoms with E-state index in [9.17, 15) is 18.0 Å². The van der Waals surface area contributed by atoms with Gasteiger partial charge in [0.15, 0.2) is 11.5 Å². The van der Waals surface area contributed by atoms with Crippen molar-refractivity contribution in [2.24, 2.45) is 0 Å². The molecule has 0 radical (unpaired) electrons. The smallest absolute Gasteiger partial charge is 0.253 e. The first-order valence-corrected chi connectivity index (χ1v) is 12.0. The van der Waals surface area contributed by atoms with Gasteiger partial charge in [0, 0.05) is 6.54 Å². The van der Waals surface area contributed by atoms with Gasteiger partial charge < -0.3 is 20.1 Å². The van der Waals surface area contributed by atoms with Crippen molar-refractivity contribution in [2.75, 3.05) is 12.1 Å². The van der Waals surface area contributed by atoms with Crippen molar-refractivity contribution in [1.29, 1.82) is 0 Å². The Hall–Kier alpha value is -3.89. The van der Waals surface area contributed by atoms with Crippen LogP contribution in [0.15, 0.2) is 77.7 Å². The van der Waals surface area contributed by atoms with Crippen molar-refractivity contribution in [1.82, 2.24) is 10.0 Å². The number of para-hydroxylation sites is 1. The second kappa shape index (κ2) is 9.94. The quantitative estimate of drug-likeness (QED) is 0.455. The number of anilines is 1. The summed E-state index contributed by atoms with van der Waals surface area (Å²) in [5.41, 5.74) is 1.33. The Morgan fingerprint density at radius 3 is 2.44 bits per heavy atom. The summed E-state index contributed by atoms with van der Waals surface area (Å²) in [6.45, 7) is 1.83. The Bertz CT molecular complexity index is 1310. The van der Waals surface area contributed by atoms with Crippen molar-refractivity contribution in [2.45, 2.75) is 24.4 Å². The van der Waals surface area contributed by atoms with Crippen LogP contribution in [0.3, 0.4) is 0 Å². The summed E-state index contributed by atoms with van der Waals surface area (Å²) < 4.78 is 38.0. The van der Waals surface area contributed by atoms with Gasteiger partial charge in [0.1, 0.15) is 0 Å². The van der Waals surface area contributed by atoms with E-state index in [4.69, 9.17) is 9.47 Å². The number of ether oxygens (including phenoxy) is 2. The molecule has 10 heteroatoms. The van der Waals surface area contributed by atoms with Crippen LogP contribution < -0.4 is 24.8 Å². The number of carbonyl (C=O) groups is 2. The largest absolute Gasteiger partial charge is 0.454 e. The van der Waals surface area contributed by atoms with Gasteiger partial charge in [0.25, 0.3) is 5.91 Å². The van der Waals surface area contributed by atoms with Crippen LogP contribution in [0.4, 0.5) is 5.69 Å². The number of benzene rings is 3. The van der Waals surface area contributed by atoms with Gasteiger partial charge in [-0.05, 0) is 48.9 Å². The minimum absolute atomic E-state index is 0.0537. The van der Waals surface area contributed by atoms with Crippen LogP contribution in [0.2, 0.25) is 0 Å². The number of rotatable bonds is 8. The van der Waals surface area contributed by atoms with Crippen LogP contribution in [-0.2, 0) is 21.4 Å². The lowest BCUT2D eigenvalue weighted by atomic mass is 10.1. The van der Waals surface area contributed by atoms with E-state index in [1.54, 1.807) is 54.6 Å². The summed E-state index contributed by atoms with van der Waals surface area (Å²) in [7, 11) is -3.88. The Morgan fingerprint density at radius 1 is 0.941 bits per heavy atom. The molecule has 1 aliphatic rings. The molecule has 0 aromatic heterocycles. The maximum Gasteiger partial charge on any atom is 0.253 e. The van der Waals surface area contributed by atoms with Crippen LogP contribution >= 0.6 is 0 Å². The van der Waals surface area contributed by atoms with Crippen molar-refractivity contribution < 1.29 is 27.5 Å². The van der Waals surface area contributed by atoms with Crippen LogP contribution in [0.25, 0.3) is 0 Å². The first-order valence-electron chi connectivity index (χ1n) is 10.5. The summed E-state index contributed by atoms with van der Waals surface area (Å²) in [4.78, 5) is 25.6. The third-order valence-corrected chi connectivity index (χ3v) is 6.65. The molecular formula is C24H23N3O6S. The molecule has 0 aliphatic carbocycles. The minimum atomic E-state index is -3.88. The summed E-state index contributed by atoms with van der Waals surface area (Å²) in [6, 6.07) is 18.6. The zero-order valence-corrected chi connectivity index (χ0v) is 19.1. The lowest BCUT2D eigenvalue weighted by Crippen LogP contribution is -2.41. The van der Waals surface area contributed by atoms with Gasteiger partial charge in [-0.1, -0.05) is 36.4 Å². The van der Waals surface area contributed by atoms with Crippen molar-refractivity contribution in [3.63, 3.8) is 0 Å². The molecule has 176 valence electrons. The van der Waals surface area contributed by atoms with Crippen LogP contribution in [-0.4, -0.2) is 33.1 Å². The monoisotopic (exact) mass is 481 g/mol. The fraction of sp³-hybridized carbons (Fsp3) is 0.167. The standard InChI is InChI=1S/C24H23N3O6S/c1-16(27-34(30,31)18-7-3-2-4-8-18)23(28)26-20-10-6-5-9-19(20)24(29)25-14-17-11-12-21-22(13-17)33-15-32-21/h2-13,16,27H,14-15H2,1H3,(H,25,29)(H,26,28). The molecule has 3 aromatic rings. The van der Waals surface area contributed by atoms with Gasteiger partial charge in [-0.2, -0.15) is 4.72 Å². The van der Waals surface area contributed by atoms with Gasteiger partial charge in [0.05, 0.1) is 22.2 Å². The highest BCUT2D eigenvalue weighted by Crippen LogP contribution is 2.32. The molecule has 1 unspecified atom stereocenters. The molecule has 0 saturated heterocycles. The molecule has 2 amide bonds. The van der Waals surface area contributed by atoms with Crippen LogP contribution in [0.1, 0.15) is 22.8 Å². The number of amides is 2. The van der Waals surface area contributed by atoms with E-state index in [1.165, 1.54) is 19.1 Å². The van der Waals surface area contributed by atoms with E-state index in [0.29, 0.717) is 11.5 Å². The summed E-state index contributed by atoms with van der Waals surface area (Å²) in [5, 5.41) is 5.45. The minimum Gasteiger partial charge on any atom is -0.454 e. The Labute approximate surface area is 197 Å². The molecule has 1 atom stereocenters. The summed E-state index contributed by atoms with van der Waals surface area (Å²) in [6.07, 6.45) is 0. The van der Waals surface area contributed by atoms with Crippen LogP contribution in [0.5, 0.6) is 11.5 Å². The average molecular weight is 482 g/mol. The van der Waals surface area contributed by atoms with E-state index in [0.717, 1.165) is 5.56 Å². The normalized spacial score (nSPS) is 13.2. The highest BCUT2D eigenvalue weighted by atomic mass is 32.2. The SMILES string of the molecule is CC(NS(=O)(=O)c1ccccc1)C(=O)Nc1ccccc1C(=O)NCc1ccc2c(c1)OCO2. The van der Waals surface area contributed by atoms with E-state index in [2.05, 4.69) is 15.4 Å². The molecule has 0 saturated carbocycles. The molecule has 4 rings (SSSR count). The second-order valence-electron chi connectivity index (χ2n) is 7.56. The predicted molar refractivity (Wildman–Crippen MR) is 125 cm³/mol. The zero-order valence-electron chi connectivity index (χ0n) is 18.3. The van der Waals surface area contributed by atoms with E-state index < -0.39 is 27.9 Å². The maximum absolute atomic E-state index is 12.8. The number of hydrogen-bond donors (Lipinski definition) is 3. The second-order valence-corrected chi connectivity index (χ2v) is 9.28. The maximum atomic E-state index is 12.8. The fourth-order valence-corrected chi connectivity index (χ4v) is 4.54. The Balaban J connectivity index is 1.40. The predicted octanol–water partition coefficient (Wildman–Crippen LogP) is 2.65. The molecular weight excluding hydrogens is 458 g/mol. The lowest BCUT2D eigenvalue weighted by Gasteiger charge is -2.16. The molecule has 34 heavy (non-hydrogen) atoms. The molecule has 0 bridgehead atoms. The molecule has 1 aliphatic heterocycles. The highest BCUT2D eigenvalue weighted by molar-refractivity contribution is 7.89. The Kier molecular flexibility index (Phi) is 6.80. The number of nitrogens with one attached hydrogen (secondary N) is 3. The van der Waals surface area contributed by atoms with Crippen LogP contribution in [0, 0.1) is 0 Å². The molecule has 3 N–H and O–H groups in total. The number of hydrogen-bond acceptors (Lipinski definition) is 6. The molecule has 9 nitrogen and oxygen atoms in total. The first kappa shape index (κ1) is 23.3. The lowest BCUT2D eigenvalue weighted by molar-refractivity contribution is -0.117. The summed E-state index contributed by atoms with van der Waals surface area (Å²) >= 11 is 0. The zero-order chi connectivity index (χ0) is 24.1. The van der Waals surface area contributed by atoms with E-state index >= 15 is 0 Å². The molecule has 0 fully saturated rings. The third-order valence-electron chi connectivity index (χ3n) is 5.10.